The molecule has 1 aromatic rings. The molecule has 1 rings (SSSR count). The molecule has 4 nitrogen and oxygen atoms in total. The molecule has 0 atom stereocenters. The van der Waals surface area contributed by atoms with Gasteiger partial charge in [0.25, 0.3) is 0 Å². The Hall–Kier alpha value is -1.64. The van der Waals surface area contributed by atoms with E-state index >= 15 is 0 Å². The smallest absolute Gasteiger partial charge is 0.240 e. The van der Waals surface area contributed by atoms with Crippen molar-refractivity contribution in [2.24, 2.45) is 4.99 Å². The van der Waals surface area contributed by atoms with Crippen LogP contribution in [-0.2, 0) is 4.79 Å². The fraction of sp³-hybridized carbons (Fsp3) is 0.417. The molecule has 0 bridgehead atoms. The van der Waals surface area contributed by atoms with Gasteiger partial charge in [-0.15, -0.1) is 0 Å². The summed E-state index contributed by atoms with van der Waals surface area (Å²) in [7, 11) is 0. The highest BCUT2D eigenvalue weighted by Gasteiger charge is 2.05. The Kier molecular flexibility index (Phi) is 4.70. The van der Waals surface area contributed by atoms with Gasteiger partial charge in [0.05, 0.1) is 12.3 Å². The SMILES string of the molecule is CCN(CCO)c1ccc(N=C=O)c(C)c1. The quantitative estimate of drug-likeness (QED) is 0.608. The lowest BCUT2D eigenvalue weighted by atomic mass is 10.1. The first kappa shape index (κ1) is 12.4. The largest absolute Gasteiger partial charge is 0.395 e. The van der Waals surface area contributed by atoms with Crippen molar-refractivity contribution in [3.05, 3.63) is 23.8 Å². The second-order valence-electron chi connectivity index (χ2n) is 3.48. The van der Waals surface area contributed by atoms with Crippen molar-refractivity contribution < 1.29 is 9.90 Å². The molecule has 4 heteroatoms. The van der Waals surface area contributed by atoms with Crippen LogP contribution >= 0.6 is 0 Å². The van der Waals surface area contributed by atoms with E-state index in [0.717, 1.165) is 17.8 Å². The van der Waals surface area contributed by atoms with E-state index in [9.17, 15) is 4.79 Å². The van der Waals surface area contributed by atoms with Crippen LogP contribution in [0.1, 0.15) is 12.5 Å². The van der Waals surface area contributed by atoms with Gasteiger partial charge in [-0.05, 0) is 37.6 Å². The zero-order valence-electron chi connectivity index (χ0n) is 9.60. The fourth-order valence-corrected chi connectivity index (χ4v) is 1.60. The number of aliphatic hydroxyl groups is 1. The third-order valence-corrected chi connectivity index (χ3v) is 2.46. The van der Waals surface area contributed by atoms with Crippen LogP contribution < -0.4 is 4.90 Å². The van der Waals surface area contributed by atoms with E-state index in [-0.39, 0.29) is 6.61 Å². The van der Waals surface area contributed by atoms with E-state index in [1.54, 1.807) is 6.07 Å². The minimum atomic E-state index is 0.126. The molecule has 0 aliphatic rings. The van der Waals surface area contributed by atoms with Crippen molar-refractivity contribution in [3.8, 4) is 0 Å². The van der Waals surface area contributed by atoms with Crippen molar-refractivity contribution in [3.63, 3.8) is 0 Å². The molecular weight excluding hydrogens is 204 g/mol. The second kappa shape index (κ2) is 6.05. The molecule has 86 valence electrons. The van der Waals surface area contributed by atoms with Crippen LogP contribution in [0.4, 0.5) is 11.4 Å². The molecule has 0 aliphatic carbocycles. The lowest BCUT2D eigenvalue weighted by Crippen LogP contribution is -2.26. The monoisotopic (exact) mass is 220 g/mol. The third kappa shape index (κ3) is 2.92. The number of rotatable bonds is 5. The molecule has 0 aliphatic heterocycles. The number of aliphatic hydroxyl groups excluding tert-OH is 1. The topological polar surface area (TPSA) is 52.9 Å². The Bertz CT molecular complexity index is 398. The van der Waals surface area contributed by atoms with Gasteiger partial charge in [-0.25, -0.2) is 4.79 Å². The number of aliphatic imine (C=N–C) groups is 1. The lowest BCUT2D eigenvalue weighted by molar-refractivity contribution is 0.302. The van der Waals surface area contributed by atoms with Gasteiger partial charge in [-0.1, -0.05) is 0 Å². The van der Waals surface area contributed by atoms with Gasteiger partial charge in [0.15, 0.2) is 0 Å². The molecule has 0 spiro atoms. The molecule has 0 unspecified atom stereocenters. The van der Waals surface area contributed by atoms with Crippen LogP contribution in [0.2, 0.25) is 0 Å². The predicted molar refractivity (Wildman–Crippen MR) is 63.9 cm³/mol. The Morgan fingerprint density at radius 1 is 1.50 bits per heavy atom. The van der Waals surface area contributed by atoms with Crippen LogP contribution in [0.25, 0.3) is 0 Å². The summed E-state index contributed by atoms with van der Waals surface area (Å²) in [5, 5.41) is 8.93. The zero-order valence-corrected chi connectivity index (χ0v) is 9.60. The number of anilines is 1. The highest BCUT2D eigenvalue weighted by Crippen LogP contribution is 2.24. The molecule has 0 saturated heterocycles. The number of isocyanates is 1. The van der Waals surface area contributed by atoms with E-state index in [1.807, 2.05) is 26.0 Å². The maximum absolute atomic E-state index is 10.2. The summed E-state index contributed by atoms with van der Waals surface area (Å²) in [4.78, 5) is 15.8. The third-order valence-electron chi connectivity index (χ3n) is 2.46. The van der Waals surface area contributed by atoms with Gasteiger partial charge in [0.2, 0.25) is 6.08 Å². The van der Waals surface area contributed by atoms with E-state index in [0.29, 0.717) is 12.2 Å². The van der Waals surface area contributed by atoms with E-state index < -0.39 is 0 Å². The second-order valence-corrected chi connectivity index (χ2v) is 3.48. The summed E-state index contributed by atoms with van der Waals surface area (Å²) in [5.41, 5.74) is 2.59. The van der Waals surface area contributed by atoms with E-state index in [4.69, 9.17) is 5.11 Å². The van der Waals surface area contributed by atoms with Crippen LogP contribution in [0.5, 0.6) is 0 Å². The standard InChI is InChI=1S/C12H16N2O2/c1-3-14(6-7-15)11-4-5-12(13-9-16)10(2)8-11/h4-5,8,15H,3,6-7H2,1-2H3. The molecule has 0 aromatic heterocycles. The minimum Gasteiger partial charge on any atom is -0.395 e. The summed E-state index contributed by atoms with van der Waals surface area (Å²) < 4.78 is 0. The average Bonchev–Trinajstić information content (AvgIpc) is 2.29. The van der Waals surface area contributed by atoms with Gasteiger partial charge >= 0.3 is 0 Å². The van der Waals surface area contributed by atoms with Crippen LogP contribution in [-0.4, -0.2) is 30.9 Å². The van der Waals surface area contributed by atoms with Crippen molar-refractivity contribution in [2.75, 3.05) is 24.6 Å². The summed E-state index contributed by atoms with van der Waals surface area (Å²) in [6, 6.07) is 5.63. The Morgan fingerprint density at radius 2 is 2.25 bits per heavy atom. The number of carbonyl (C=O) groups excluding carboxylic acids is 1. The first-order valence-corrected chi connectivity index (χ1v) is 5.27. The lowest BCUT2D eigenvalue weighted by Gasteiger charge is -2.22. The van der Waals surface area contributed by atoms with Gasteiger partial charge in [0.1, 0.15) is 0 Å². The van der Waals surface area contributed by atoms with Crippen molar-refractivity contribution in [2.45, 2.75) is 13.8 Å². The highest BCUT2D eigenvalue weighted by atomic mass is 16.3. The molecule has 16 heavy (non-hydrogen) atoms. The number of likely N-dealkylation sites (N-methyl/N-ethyl adjacent to an activating group) is 1. The Balaban J connectivity index is 2.98. The van der Waals surface area contributed by atoms with Crippen molar-refractivity contribution in [1.82, 2.24) is 0 Å². The Morgan fingerprint density at radius 3 is 2.75 bits per heavy atom. The van der Waals surface area contributed by atoms with E-state index in [2.05, 4.69) is 9.89 Å². The molecule has 0 heterocycles. The minimum absolute atomic E-state index is 0.126. The normalized spacial score (nSPS) is 9.69. The maximum atomic E-state index is 10.2. The molecule has 0 fully saturated rings. The molecule has 0 radical (unpaired) electrons. The molecule has 1 N–H and O–H groups in total. The van der Waals surface area contributed by atoms with Crippen LogP contribution in [0.15, 0.2) is 23.2 Å². The summed E-state index contributed by atoms with van der Waals surface area (Å²) >= 11 is 0. The Labute approximate surface area is 95.2 Å². The van der Waals surface area contributed by atoms with Crippen molar-refractivity contribution in [1.29, 1.82) is 0 Å². The first-order valence-electron chi connectivity index (χ1n) is 5.27. The van der Waals surface area contributed by atoms with Crippen LogP contribution in [0.3, 0.4) is 0 Å². The zero-order chi connectivity index (χ0) is 12.0. The summed E-state index contributed by atoms with van der Waals surface area (Å²) in [5.74, 6) is 0. The summed E-state index contributed by atoms with van der Waals surface area (Å²) in [6.07, 6.45) is 1.53. The molecule has 0 saturated carbocycles. The van der Waals surface area contributed by atoms with Gasteiger partial charge < -0.3 is 10.0 Å². The number of benzene rings is 1. The summed E-state index contributed by atoms with van der Waals surface area (Å²) in [6.45, 7) is 5.48. The average molecular weight is 220 g/mol. The first-order chi connectivity index (χ1) is 7.72. The fourth-order valence-electron chi connectivity index (χ4n) is 1.60. The number of hydrogen-bond acceptors (Lipinski definition) is 4. The number of hydrogen-bond donors (Lipinski definition) is 1. The number of aryl methyl sites for hydroxylation is 1. The van der Waals surface area contributed by atoms with Gasteiger partial charge in [-0.2, -0.15) is 4.99 Å². The van der Waals surface area contributed by atoms with E-state index in [1.165, 1.54) is 6.08 Å². The molecule has 1 aromatic carbocycles. The van der Waals surface area contributed by atoms with Crippen molar-refractivity contribution >= 4 is 17.5 Å². The van der Waals surface area contributed by atoms with Gasteiger partial charge in [0, 0.05) is 18.8 Å². The molecule has 0 amide bonds. The molecular formula is C12H16N2O2. The van der Waals surface area contributed by atoms with Gasteiger partial charge in [-0.3, -0.25) is 0 Å². The maximum Gasteiger partial charge on any atom is 0.240 e. The predicted octanol–water partition coefficient (Wildman–Crippen LogP) is 1.78. The highest BCUT2D eigenvalue weighted by molar-refractivity contribution is 5.60. The van der Waals surface area contributed by atoms with Crippen LogP contribution in [0, 0.1) is 6.92 Å². The number of nitrogens with zero attached hydrogens (tertiary/aromatic N) is 2.